The minimum Gasteiger partial charge on any atom is -0.350 e. The van der Waals surface area contributed by atoms with E-state index in [-0.39, 0.29) is 17.5 Å². The lowest BCUT2D eigenvalue weighted by Gasteiger charge is -2.03. The van der Waals surface area contributed by atoms with Gasteiger partial charge in [0.05, 0.1) is 30.4 Å². The van der Waals surface area contributed by atoms with Crippen LogP contribution in [-0.4, -0.2) is 31.6 Å². The predicted octanol–water partition coefficient (Wildman–Crippen LogP) is 2.21. The average molecular weight is 343 g/mol. The van der Waals surface area contributed by atoms with Crippen LogP contribution in [0.2, 0.25) is 0 Å². The van der Waals surface area contributed by atoms with Gasteiger partial charge in [0.1, 0.15) is 11.5 Å². The average Bonchev–Trinajstić information content (AvgIpc) is 3.09. The van der Waals surface area contributed by atoms with Gasteiger partial charge < -0.3 is 5.32 Å². The highest BCUT2D eigenvalue weighted by atomic mass is 32.2. The first-order valence-corrected chi connectivity index (χ1v) is 8.16. The Labute approximate surface area is 142 Å². The van der Waals surface area contributed by atoms with Crippen molar-refractivity contribution in [2.45, 2.75) is 11.4 Å². The summed E-state index contributed by atoms with van der Waals surface area (Å²) in [5.74, 6) is -0.164. The third kappa shape index (κ3) is 4.39. The smallest absolute Gasteiger partial charge is 0.230 e. The minimum atomic E-state index is -0.291. The van der Waals surface area contributed by atoms with Gasteiger partial charge in [-0.25, -0.2) is 9.07 Å². The Hall–Kier alpha value is -2.74. The van der Waals surface area contributed by atoms with Crippen LogP contribution in [0.15, 0.2) is 59.9 Å². The normalized spacial score (nSPS) is 10.5. The van der Waals surface area contributed by atoms with Gasteiger partial charge in [-0.15, -0.1) is 16.9 Å². The Balaban J connectivity index is 1.48. The number of hydrogen-bond acceptors (Lipinski definition) is 5. The fraction of sp³-hybridized carbons (Fsp3) is 0.125. The number of nitrogens with one attached hydrogen (secondary N) is 1. The zero-order chi connectivity index (χ0) is 16.8. The molecule has 0 saturated carbocycles. The van der Waals surface area contributed by atoms with E-state index in [4.69, 9.17) is 0 Å². The molecule has 0 aliphatic heterocycles. The molecule has 0 aliphatic carbocycles. The van der Waals surface area contributed by atoms with Crippen LogP contribution in [0.3, 0.4) is 0 Å². The van der Waals surface area contributed by atoms with Gasteiger partial charge in [0.15, 0.2) is 0 Å². The molecule has 3 rings (SSSR count). The zero-order valence-corrected chi connectivity index (χ0v) is 13.4. The summed E-state index contributed by atoms with van der Waals surface area (Å²) in [6, 6.07) is 9.71. The number of hydrogen-bond donors (Lipinski definition) is 1. The zero-order valence-electron chi connectivity index (χ0n) is 12.6. The molecule has 0 bridgehead atoms. The summed E-state index contributed by atoms with van der Waals surface area (Å²) < 4.78 is 14.4. The molecule has 6 nitrogen and oxygen atoms in total. The topological polar surface area (TPSA) is 72.7 Å². The van der Waals surface area contributed by atoms with Crippen molar-refractivity contribution >= 4 is 17.7 Å². The first-order valence-electron chi connectivity index (χ1n) is 7.17. The number of halogens is 1. The number of rotatable bonds is 6. The lowest BCUT2D eigenvalue weighted by atomic mass is 10.4. The lowest BCUT2D eigenvalue weighted by Crippen LogP contribution is -2.24. The number of benzene rings is 1. The molecule has 0 unspecified atom stereocenters. The number of amides is 1. The maximum absolute atomic E-state index is 12.8. The van der Waals surface area contributed by atoms with Gasteiger partial charge in [-0.2, -0.15) is 0 Å². The van der Waals surface area contributed by atoms with Crippen molar-refractivity contribution in [1.29, 1.82) is 0 Å². The monoisotopic (exact) mass is 343 g/mol. The van der Waals surface area contributed by atoms with Crippen LogP contribution in [0.4, 0.5) is 4.39 Å². The molecule has 0 radical (unpaired) electrons. The number of nitrogens with zero attached hydrogens (tertiary/aromatic N) is 4. The molecule has 8 heteroatoms. The molecule has 0 atom stereocenters. The van der Waals surface area contributed by atoms with Crippen LogP contribution in [0.5, 0.6) is 0 Å². The van der Waals surface area contributed by atoms with Crippen LogP contribution in [0.25, 0.3) is 5.69 Å². The third-order valence-electron chi connectivity index (χ3n) is 3.10. The van der Waals surface area contributed by atoms with Crippen LogP contribution in [0, 0.1) is 5.82 Å². The second-order valence-corrected chi connectivity index (χ2v) is 5.93. The second-order valence-electron chi connectivity index (χ2n) is 4.88. The molecular weight excluding hydrogens is 329 g/mol. The fourth-order valence-corrected chi connectivity index (χ4v) is 2.64. The van der Waals surface area contributed by atoms with E-state index >= 15 is 0 Å². The fourth-order valence-electron chi connectivity index (χ4n) is 1.91. The standard InChI is InChI=1S/C16H14FN5OS/c17-12-3-5-15(6-4-12)24-11-16(23)19-8-13-10-22(21-20-13)14-2-1-7-18-9-14/h1-7,9-10H,8,11H2,(H,19,23). The first-order chi connectivity index (χ1) is 11.7. The molecule has 0 fully saturated rings. The maximum Gasteiger partial charge on any atom is 0.230 e. The summed E-state index contributed by atoms with van der Waals surface area (Å²) in [7, 11) is 0. The molecule has 0 spiro atoms. The van der Waals surface area contributed by atoms with E-state index in [1.165, 1.54) is 23.9 Å². The molecule has 122 valence electrons. The molecule has 0 aliphatic rings. The molecule has 0 saturated heterocycles. The summed E-state index contributed by atoms with van der Waals surface area (Å²) in [6.07, 6.45) is 5.10. The minimum absolute atomic E-state index is 0.125. The second kappa shape index (κ2) is 7.69. The van der Waals surface area contributed by atoms with E-state index in [9.17, 15) is 9.18 Å². The van der Waals surface area contributed by atoms with E-state index in [0.717, 1.165) is 10.6 Å². The Morgan fingerprint density at radius 3 is 2.83 bits per heavy atom. The molecule has 1 N–H and O–H groups in total. The molecule has 24 heavy (non-hydrogen) atoms. The highest BCUT2D eigenvalue weighted by molar-refractivity contribution is 8.00. The summed E-state index contributed by atoms with van der Waals surface area (Å²) >= 11 is 1.35. The van der Waals surface area contributed by atoms with Gasteiger partial charge in [0.2, 0.25) is 5.91 Å². The van der Waals surface area contributed by atoms with Crippen molar-refractivity contribution in [2.75, 3.05) is 5.75 Å². The maximum atomic E-state index is 12.8. The van der Waals surface area contributed by atoms with Crippen molar-refractivity contribution in [3.05, 3.63) is 66.5 Å². The van der Waals surface area contributed by atoms with Gasteiger partial charge in [-0.1, -0.05) is 5.21 Å². The first kappa shape index (κ1) is 16.1. The molecule has 3 aromatic rings. The van der Waals surface area contributed by atoms with Gasteiger partial charge in [-0.3, -0.25) is 9.78 Å². The van der Waals surface area contributed by atoms with Crippen LogP contribution in [-0.2, 0) is 11.3 Å². The van der Waals surface area contributed by atoms with Crippen molar-refractivity contribution in [2.24, 2.45) is 0 Å². The molecule has 1 aromatic carbocycles. The Bertz CT molecular complexity index is 807. The molecule has 2 aromatic heterocycles. The van der Waals surface area contributed by atoms with Crippen LogP contribution in [0.1, 0.15) is 5.69 Å². The highest BCUT2D eigenvalue weighted by Gasteiger charge is 2.06. The summed E-state index contributed by atoms with van der Waals surface area (Å²) in [5, 5.41) is 10.8. The molecule has 1 amide bonds. The number of carbonyl (C=O) groups excluding carboxylic acids is 1. The third-order valence-corrected chi connectivity index (χ3v) is 4.11. The van der Waals surface area contributed by atoms with Crippen molar-refractivity contribution < 1.29 is 9.18 Å². The van der Waals surface area contributed by atoms with Crippen LogP contribution < -0.4 is 5.32 Å². The van der Waals surface area contributed by atoms with E-state index in [1.54, 1.807) is 35.4 Å². The summed E-state index contributed by atoms with van der Waals surface area (Å²) in [6.45, 7) is 0.295. The Morgan fingerprint density at radius 2 is 2.08 bits per heavy atom. The van der Waals surface area contributed by atoms with Gasteiger partial charge in [0, 0.05) is 11.1 Å². The van der Waals surface area contributed by atoms with E-state index in [0.29, 0.717) is 12.2 Å². The highest BCUT2D eigenvalue weighted by Crippen LogP contribution is 2.17. The van der Waals surface area contributed by atoms with Crippen molar-refractivity contribution in [1.82, 2.24) is 25.3 Å². The van der Waals surface area contributed by atoms with Gasteiger partial charge in [0.25, 0.3) is 0 Å². The number of aromatic nitrogens is 4. The number of thioether (sulfide) groups is 1. The van der Waals surface area contributed by atoms with E-state index < -0.39 is 0 Å². The number of pyridine rings is 1. The van der Waals surface area contributed by atoms with Gasteiger partial charge in [-0.05, 0) is 36.4 Å². The largest absolute Gasteiger partial charge is 0.350 e. The van der Waals surface area contributed by atoms with E-state index in [2.05, 4.69) is 20.6 Å². The molecular formula is C16H14FN5OS. The lowest BCUT2D eigenvalue weighted by molar-refractivity contribution is -0.118. The molecule has 2 heterocycles. The quantitative estimate of drug-likeness (QED) is 0.695. The Kier molecular flexibility index (Phi) is 5.17. The predicted molar refractivity (Wildman–Crippen MR) is 88.1 cm³/mol. The summed E-state index contributed by atoms with van der Waals surface area (Å²) in [4.78, 5) is 16.7. The van der Waals surface area contributed by atoms with Crippen molar-refractivity contribution in [3.63, 3.8) is 0 Å². The Morgan fingerprint density at radius 1 is 1.25 bits per heavy atom. The summed E-state index contributed by atoms with van der Waals surface area (Å²) in [5.41, 5.74) is 1.45. The van der Waals surface area contributed by atoms with Crippen LogP contribution >= 0.6 is 11.8 Å². The van der Waals surface area contributed by atoms with Gasteiger partial charge >= 0.3 is 0 Å². The number of carbonyl (C=O) groups is 1. The van der Waals surface area contributed by atoms with Crippen molar-refractivity contribution in [3.8, 4) is 5.69 Å². The van der Waals surface area contributed by atoms with E-state index in [1.807, 2.05) is 12.1 Å². The SMILES string of the molecule is O=C(CSc1ccc(F)cc1)NCc1cn(-c2cccnc2)nn1.